The van der Waals surface area contributed by atoms with E-state index in [4.69, 9.17) is 5.73 Å². The van der Waals surface area contributed by atoms with Crippen molar-refractivity contribution in [3.8, 4) is 0 Å². The first-order valence-electron chi connectivity index (χ1n) is 4.28. The maximum Gasteiger partial charge on any atom is 0.339 e. The van der Waals surface area contributed by atoms with Gasteiger partial charge in [0.05, 0.1) is 12.7 Å². The Morgan fingerprint density at radius 3 is 2.80 bits per heavy atom. The molecule has 0 saturated carbocycles. The van der Waals surface area contributed by atoms with Crippen molar-refractivity contribution in [1.29, 1.82) is 0 Å². The number of carbonyl (C=O) groups excluding carboxylic acids is 2. The fourth-order valence-electron chi connectivity index (χ4n) is 1.11. The Morgan fingerprint density at radius 1 is 1.47 bits per heavy atom. The molecule has 1 rings (SSSR count). The zero-order valence-electron chi connectivity index (χ0n) is 8.27. The molecule has 0 unspecified atom stereocenters. The fraction of sp³-hybridized carbons (Fsp3) is 0.0909. The van der Waals surface area contributed by atoms with E-state index in [-0.39, 0.29) is 0 Å². The van der Waals surface area contributed by atoms with Crippen molar-refractivity contribution >= 4 is 24.0 Å². The zero-order valence-corrected chi connectivity index (χ0v) is 8.27. The van der Waals surface area contributed by atoms with Crippen LogP contribution in [0, 0.1) is 0 Å². The summed E-state index contributed by atoms with van der Waals surface area (Å²) in [7, 11) is 1.29. The number of ether oxygens (including phenoxy) is 1. The molecule has 0 aliphatic rings. The Bertz CT molecular complexity index is 410. The highest BCUT2D eigenvalue weighted by Gasteiger charge is 2.09. The summed E-state index contributed by atoms with van der Waals surface area (Å²) in [5.41, 5.74) is 6.97. The molecule has 78 valence electrons. The number of hydrogen-bond acceptors (Lipinski definition) is 4. The molecule has 2 N–H and O–H groups in total. The van der Waals surface area contributed by atoms with Gasteiger partial charge in [-0.25, -0.2) is 4.79 Å². The van der Waals surface area contributed by atoms with E-state index in [1.165, 1.54) is 13.2 Å². The summed E-state index contributed by atoms with van der Waals surface area (Å²) in [5, 5.41) is 0. The van der Waals surface area contributed by atoms with Crippen molar-refractivity contribution in [2.45, 2.75) is 0 Å². The lowest BCUT2D eigenvalue weighted by Gasteiger charge is -2.04. The van der Waals surface area contributed by atoms with Crippen LogP contribution in [0.3, 0.4) is 0 Å². The molecule has 0 saturated heterocycles. The third-order valence-corrected chi connectivity index (χ3v) is 1.85. The highest BCUT2D eigenvalue weighted by molar-refractivity contribution is 5.95. The van der Waals surface area contributed by atoms with Gasteiger partial charge in [0, 0.05) is 5.69 Å². The predicted molar refractivity (Wildman–Crippen MR) is 57.3 cm³/mol. The molecule has 15 heavy (non-hydrogen) atoms. The van der Waals surface area contributed by atoms with Gasteiger partial charge in [-0.15, -0.1) is 0 Å². The van der Waals surface area contributed by atoms with Gasteiger partial charge in [0.1, 0.15) is 6.29 Å². The molecular formula is C11H11NO3. The Balaban J connectivity index is 3.10. The lowest BCUT2D eigenvalue weighted by molar-refractivity contribution is -0.104. The van der Waals surface area contributed by atoms with Crippen LogP contribution in [0.25, 0.3) is 6.08 Å². The van der Waals surface area contributed by atoms with Gasteiger partial charge >= 0.3 is 5.97 Å². The molecule has 1 aromatic carbocycles. The topological polar surface area (TPSA) is 69.4 Å². The number of aldehydes is 1. The van der Waals surface area contributed by atoms with Crippen molar-refractivity contribution in [1.82, 2.24) is 0 Å². The Kier molecular flexibility index (Phi) is 3.62. The molecular weight excluding hydrogens is 194 g/mol. The van der Waals surface area contributed by atoms with E-state index in [0.717, 1.165) is 5.56 Å². The van der Waals surface area contributed by atoms with Gasteiger partial charge in [0.25, 0.3) is 0 Å². The maximum atomic E-state index is 11.3. The average molecular weight is 205 g/mol. The molecule has 0 aromatic heterocycles. The standard InChI is InChI=1S/C11H11NO3/c1-15-11(14)9-7-8(3-2-6-13)4-5-10(9)12/h2-7H,12H2,1H3. The summed E-state index contributed by atoms with van der Waals surface area (Å²) >= 11 is 0. The Labute approximate surface area is 87.3 Å². The first kappa shape index (κ1) is 11.0. The summed E-state index contributed by atoms with van der Waals surface area (Å²) in [6, 6.07) is 4.87. The van der Waals surface area contributed by atoms with E-state index in [1.54, 1.807) is 24.3 Å². The molecule has 0 amide bonds. The first-order valence-corrected chi connectivity index (χ1v) is 4.28. The number of benzene rings is 1. The minimum atomic E-state index is -0.492. The molecule has 0 radical (unpaired) electrons. The summed E-state index contributed by atoms with van der Waals surface area (Å²) in [5.74, 6) is -0.492. The molecule has 0 aliphatic carbocycles. The number of hydrogen-bond donors (Lipinski definition) is 1. The molecule has 0 spiro atoms. The monoisotopic (exact) mass is 205 g/mol. The number of esters is 1. The largest absolute Gasteiger partial charge is 0.465 e. The maximum absolute atomic E-state index is 11.3. The minimum absolute atomic E-state index is 0.297. The molecule has 0 bridgehead atoms. The van der Waals surface area contributed by atoms with Crippen molar-refractivity contribution in [2.24, 2.45) is 0 Å². The smallest absolute Gasteiger partial charge is 0.339 e. The van der Waals surface area contributed by atoms with Crippen LogP contribution < -0.4 is 5.73 Å². The lowest BCUT2D eigenvalue weighted by atomic mass is 10.1. The summed E-state index contributed by atoms with van der Waals surface area (Å²) in [6.45, 7) is 0. The van der Waals surface area contributed by atoms with Crippen LogP contribution in [-0.4, -0.2) is 19.4 Å². The van der Waals surface area contributed by atoms with E-state index in [0.29, 0.717) is 17.5 Å². The third-order valence-electron chi connectivity index (χ3n) is 1.85. The Hall–Kier alpha value is -2.10. The summed E-state index contributed by atoms with van der Waals surface area (Å²) in [4.78, 5) is 21.4. The van der Waals surface area contributed by atoms with Crippen LogP contribution >= 0.6 is 0 Å². The number of nitrogen functional groups attached to an aromatic ring is 1. The second-order valence-electron chi connectivity index (χ2n) is 2.83. The second kappa shape index (κ2) is 4.95. The van der Waals surface area contributed by atoms with Crippen molar-refractivity contribution in [2.75, 3.05) is 12.8 Å². The number of allylic oxidation sites excluding steroid dienone is 1. The Morgan fingerprint density at radius 2 is 2.20 bits per heavy atom. The van der Waals surface area contributed by atoms with Crippen molar-refractivity contribution < 1.29 is 14.3 Å². The lowest BCUT2D eigenvalue weighted by Crippen LogP contribution is -2.05. The van der Waals surface area contributed by atoms with Crippen LogP contribution in [0.15, 0.2) is 24.3 Å². The van der Waals surface area contributed by atoms with Crippen LogP contribution in [0.1, 0.15) is 15.9 Å². The number of carbonyl (C=O) groups is 2. The van der Waals surface area contributed by atoms with Gasteiger partial charge in [0.2, 0.25) is 0 Å². The van der Waals surface area contributed by atoms with Crippen LogP contribution in [0.2, 0.25) is 0 Å². The van der Waals surface area contributed by atoms with E-state index < -0.39 is 5.97 Å². The second-order valence-corrected chi connectivity index (χ2v) is 2.83. The highest BCUT2D eigenvalue weighted by atomic mass is 16.5. The van der Waals surface area contributed by atoms with E-state index in [2.05, 4.69) is 4.74 Å². The van der Waals surface area contributed by atoms with Gasteiger partial charge in [-0.1, -0.05) is 12.1 Å². The normalized spacial score (nSPS) is 10.2. The number of anilines is 1. The van der Waals surface area contributed by atoms with Crippen LogP contribution in [0.5, 0.6) is 0 Å². The van der Waals surface area contributed by atoms with Crippen molar-refractivity contribution in [3.63, 3.8) is 0 Å². The first-order chi connectivity index (χ1) is 7.19. The van der Waals surface area contributed by atoms with Crippen LogP contribution in [0.4, 0.5) is 5.69 Å². The van der Waals surface area contributed by atoms with Gasteiger partial charge < -0.3 is 10.5 Å². The number of nitrogens with two attached hydrogens (primary N) is 1. The van der Waals surface area contributed by atoms with E-state index in [9.17, 15) is 9.59 Å². The minimum Gasteiger partial charge on any atom is -0.465 e. The van der Waals surface area contributed by atoms with E-state index in [1.807, 2.05) is 0 Å². The van der Waals surface area contributed by atoms with Gasteiger partial charge in [-0.3, -0.25) is 4.79 Å². The van der Waals surface area contributed by atoms with Gasteiger partial charge in [0.15, 0.2) is 0 Å². The number of methoxy groups -OCH3 is 1. The van der Waals surface area contributed by atoms with Crippen molar-refractivity contribution in [3.05, 3.63) is 35.4 Å². The third kappa shape index (κ3) is 2.67. The molecule has 0 heterocycles. The average Bonchev–Trinajstić information content (AvgIpc) is 2.27. The predicted octanol–water partition coefficient (Wildman–Crippen LogP) is 1.27. The molecule has 1 aromatic rings. The number of rotatable bonds is 3. The molecule has 0 aliphatic heterocycles. The van der Waals surface area contributed by atoms with Gasteiger partial charge in [-0.2, -0.15) is 0 Å². The SMILES string of the molecule is COC(=O)c1cc(C=CC=O)ccc1N. The molecule has 4 heteroatoms. The summed E-state index contributed by atoms with van der Waals surface area (Å²) in [6.07, 6.45) is 3.58. The van der Waals surface area contributed by atoms with E-state index >= 15 is 0 Å². The quantitative estimate of drug-likeness (QED) is 0.349. The summed E-state index contributed by atoms with van der Waals surface area (Å²) < 4.78 is 4.56. The highest BCUT2D eigenvalue weighted by Crippen LogP contribution is 2.16. The fourth-order valence-corrected chi connectivity index (χ4v) is 1.11. The molecule has 0 atom stereocenters. The molecule has 0 fully saturated rings. The van der Waals surface area contributed by atoms with Gasteiger partial charge in [-0.05, 0) is 23.8 Å². The van der Waals surface area contributed by atoms with Crippen LogP contribution in [-0.2, 0) is 9.53 Å². The molecule has 4 nitrogen and oxygen atoms in total. The zero-order chi connectivity index (χ0) is 11.3.